The zero-order valence-corrected chi connectivity index (χ0v) is 19.4. The van der Waals surface area contributed by atoms with Gasteiger partial charge in [-0.05, 0) is 74.2 Å². The summed E-state index contributed by atoms with van der Waals surface area (Å²) >= 11 is 0. The maximum absolute atomic E-state index is 4.63. The summed E-state index contributed by atoms with van der Waals surface area (Å²) in [6.45, 7) is 4.56. The lowest BCUT2D eigenvalue weighted by Gasteiger charge is -2.38. The van der Waals surface area contributed by atoms with Crippen LogP contribution < -0.4 is 0 Å². The van der Waals surface area contributed by atoms with Crippen LogP contribution in [0.5, 0.6) is 0 Å². The number of hydrogen-bond acceptors (Lipinski definition) is 2. The molecule has 29 heavy (non-hydrogen) atoms. The van der Waals surface area contributed by atoms with Crippen molar-refractivity contribution in [3.05, 3.63) is 23.8 Å². The van der Waals surface area contributed by atoms with Crippen molar-refractivity contribution in [2.75, 3.05) is 0 Å². The van der Waals surface area contributed by atoms with E-state index in [2.05, 4.69) is 36.2 Å². The molecule has 0 saturated heterocycles. The summed E-state index contributed by atoms with van der Waals surface area (Å²) in [6, 6.07) is 0. The monoisotopic (exact) mass is 398 g/mol. The second-order valence-corrected chi connectivity index (χ2v) is 10.2. The smallest absolute Gasteiger partial charge is 0.128 e. The molecule has 0 aliphatic heterocycles. The van der Waals surface area contributed by atoms with Crippen LogP contribution in [0.3, 0.4) is 0 Å². The van der Waals surface area contributed by atoms with E-state index in [4.69, 9.17) is 0 Å². The molecule has 0 N–H and O–H groups in total. The maximum Gasteiger partial charge on any atom is 0.128 e. The summed E-state index contributed by atoms with van der Waals surface area (Å²) in [5, 5.41) is 0. The van der Waals surface area contributed by atoms with E-state index >= 15 is 0 Å². The third-order valence-corrected chi connectivity index (χ3v) is 8.02. The van der Waals surface area contributed by atoms with E-state index < -0.39 is 0 Å². The predicted molar refractivity (Wildman–Crippen MR) is 124 cm³/mol. The van der Waals surface area contributed by atoms with Crippen LogP contribution >= 0.6 is 0 Å². The highest BCUT2D eigenvalue weighted by Gasteiger charge is 2.30. The fraction of sp³-hybridized carbons (Fsp3) is 0.852. The number of hydrogen-bond donors (Lipinski definition) is 0. The predicted octanol–water partition coefficient (Wildman–Crippen LogP) is 7.94. The molecule has 0 aromatic carbocycles. The molecular formula is C27H46N2. The standard InChI is InChI=1S/C27H46N2/c1-3-5-7-9-22-10-15-25(16-11-22)26-17-12-23(13-18-26)14-19-27-28-20-24(21-29-27)8-6-4-2/h20-23,25-26H,3-19H2,1-2H3/t22-,23-,25-,26-. The van der Waals surface area contributed by atoms with E-state index in [0.717, 1.165) is 42.3 Å². The van der Waals surface area contributed by atoms with E-state index in [1.807, 2.05) is 0 Å². The van der Waals surface area contributed by atoms with Gasteiger partial charge in [0, 0.05) is 18.8 Å². The molecule has 164 valence electrons. The van der Waals surface area contributed by atoms with Crippen LogP contribution in [0.4, 0.5) is 0 Å². The van der Waals surface area contributed by atoms with E-state index in [1.165, 1.54) is 102 Å². The van der Waals surface area contributed by atoms with Crippen molar-refractivity contribution in [2.45, 2.75) is 123 Å². The minimum atomic E-state index is 0.917. The van der Waals surface area contributed by atoms with Crippen molar-refractivity contribution in [3.63, 3.8) is 0 Å². The lowest BCUT2D eigenvalue weighted by Crippen LogP contribution is -2.26. The van der Waals surface area contributed by atoms with Crippen molar-refractivity contribution in [3.8, 4) is 0 Å². The lowest BCUT2D eigenvalue weighted by atomic mass is 9.68. The second kappa shape index (κ2) is 12.7. The fourth-order valence-electron chi connectivity index (χ4n) is 5.93. The van der Waals surface area contributed by atoms with Crippen molar-refractivity contribution in [1.82, 2.24) is 9.97 Å². The number of unbranched alkanes of at least 4 members (excludes halogenated alkanes) is 3. The molecule has 0 atom stereocenters. The number of rotatable bonds is 11. The first kappa shape index (κ1) is 22.8. The Bertz CT molecular complexity index is 536. The Morgan fingerprint density at radius 3 is 1.76 bits per heavy atom. The van der Waals surface area contributed by atoms with E-state index in [0.29, 0.717) is 0 Å². The van der Waals surface area contributed by atoms with Crippen LogP contribution in [0.1, 0.15) is 122 Å². The van der Waals surface area contributed by atoms with Crippen molar-refractivity contribution < 1.29 is 0 Å². The SMILES string of the molecule is CCCCC[C@H]1CC[C@H]([C@H]2CC[C@H](CCc3ncc(CCCC)cn3)CC2)CC1. The highest BCUT2D eigenvalue weighted by Crippen LogP contribution is 2.43. The first-order chi connectivity index (χ1) is 14.3. The summed E-state index contributed by atoms with van der Waals surface area (Å²) in [7, 11) is 0. The van der Waals surface area contributed by atoms with Gasteiger partial charge in [-0.25, -0.2) is 9.97 Å². The molecule has 1 heterocycles. The third kappa shape index (κ3) is 7.68. The normalized spacial score (nSPS) is 27.8. The average molecular weight is 399 g/mol. The van der Waals surface area contributed by atoms with E-state index in [-0.39, 0.29) is 0 Å². The molecule has 0 bridgehead atoms. The molecule has 0 radical (unpaired) electrons. The molecule has 3 rings (SSSR count). The van der Waals surface area contributed by atoms with Crippen LogP contribution in [0.2, 0.25) is 0 Å². The van der Waals surface area contributed by atoms with Gasteiger partial charge in [-0.15, -0.1) is 0 Å². The summed E-state index contributed by atoms with van der Waals surface area (Å²) < 4.78 is 0. The minimum absolute atomic E-state index is 0.917. The molecule has 1 aromatic heterocycles. The summed E-state index contributed by atoms with van der Waals surface area (Å²) in [5.74, 6) is 5.13. The molecule has 2 aliphatic carbocycles. The van der Waals surface area contributed by atoms with Crippen LogP contribution in [0.15, 0.2) is 12.4 Å². The molecule has 1 aromatic rings. The number of nitrogens with zero attached hydrogens (tertiary/aromatic N) is 2. The maximum atomic E-state index is 4.63. The second-order valence-electron chi connectivity index (χ2n) is 10.2. The van der Waals surface area contributed by atoms with Crippen LogP contribution in [0.25, 0.3) is 0 Å². The highest BCUT2D eigenvalue weighted by atomic mass is 14.9. The Labute approximate surface area is 180 Å². The molecule has 0 spiro atoms. The Hall–Kier alpha value is -0.920. The topological polar surface area (TPSA) is 25.8 Å². The molecular weight excluding hydrogens is 352 g/mol. The van der Waals surface area contributed by atoms with Gasteiger partial charge in [-0.2, -0.15) is 0 Å². The Morgan fingerprint density at radius 2 is 1.21 bits per heavy atom. The third-order valence-electron chi connectivity index (χ3n) is 8.02. The molecule has 2 nitrogen and oxygen atoms in total. The molecule has 0 unspecified atom stereocenters. The minimum Gasteiger partial charge on any atom is -0.241 e. The van der Waals surface area contributed by atoms with E-state index in [1.54, 1.807) is 0 Å². The van der Waals surface area contributed by atoms with Crippen LogP contribution in [0, 0.1) is 23.7 Å². The average Bonchev–Trinajstić information content (AvgIpc) is 2.78. The van der Waals surface area contributed by atoms with Gasteiger partial charge in [0.1, 0.15) is 5.82 Å². The van der Waals surface area contributed by atoms with Gasteiger partial charge >= 0.3 is 0 Å². The summed E-state index contributed by atoms with van der Waals surface area (Å²) in [6.07, 6.45) is 27.9. The highest BCUT2D eigenvalue weighted by molar-refractivity contribution is 5.05. The zero-order valence-electron chi connectivity index (χ0n) is 19.4. The van der Waals surface area contributed by atoms with Gasteiger partial charge < -0.3 is 0 Å². The zero-order chi connectivity index (χ0) is 20.3. The van der Waals surface area contributed by atoms with Crippen LogP contribution in [-0.4, -0.2) is 9.97 Å². The van der Waals surface area contributed by atoms with Crippen LogP contribution in [-0.2, 0) is 12.8 Å². The Balaban J connectivity index is 1.30. The summed E-state index contributed by atoms with van der Waals surface area (Å²) in [5.41, 5.74) is 1.30. The Morgan fingerprint density at radius 1 is 0.655 bits per heavy atom. The van der Waals surface area contributed by atoms with Gasteiger partial charge in [0.2, 0.25) is 0 Å². The number of aryl methyl sites for hydroxylation is 2. The van der Waals surface area contributed by atoms with E-state index in [9.17, 15) is 0 Å². The molecule has 2 aliphatic rings. The van der Waals surface area contributed by atoms with Gasteiger partial charge in [-0.3, -0.25) is 0 Å². The van der Waals surface area contributed by atoms with Crippen molar-refractivity contribution in [1.29, 1.82) is 0 Å². The van der Waals surface area contributed by atoms with Gasteiger partial charge in [0.15, 0.2) is 0 Å². The number of aromatic nitrogens is 2. The van der Waals surface area contributed by atoms with Gasteiger partial charge in [0.05, 0.1) is 0 Å². The first-order valence-electron chi connectivity index (χ1n) is 13.1. The fourth-order valence-corrected chi connectivity index (χ4v) is 5.93. The lowest BCUT2D eigenvalue weighted by molar-refractivity contribution is 0.140. The molecule has 2 fully saturated rings. The molecule has 2 heteroatoms. The summed E-state index contributed by atoms with van der Waals surface area (Å²) in [4.78, 5) is 9.25. The quantitative estimate of drug-likeness (QED) is 0.353. The molecule has 0 amide bonds. The van der Waals surface area contributed by atoms with Gasteiger partial charge in [0.25, 0.3) is 0 Å². The van der Waals surface area contributed by atoms with Crippen molar-refractivity contribution >= 4 is 0 Å². The van der Waals surface area contributed by atoms with Gasteiger partial charge in [-0.1, -0.05) is 71.6 Å². The largest absolute Gasteiger partial charge is 0.241 e. The van der Waals surface area contributed by atoms with Crippen molar-refractivity contribution in [2.24, 2.45) is 23.7 Å². The molecule has 2 saturated carbocycles. The Kier molecular flexibility index (Phi) is 9.97. The first-order valence-corrected chi connectivity index (χ1v) is 13.1.